The fraction of sp³-hybridized carbons (Fsp3) is 0.615. The second-order valence-corrected chi connectivity index (χ2v) is 8.44. The summed E-state index contributed by atoms with van der Waals surface area (Å²) < 4.78 is 23.0. The van der Waals surface area contributed by atoms with Gasteiger partial charge < -0.3 is 4.90 Å². The van der Waals surface area contributed by atoms with Crippen molar-refractivity contribution in [2.24, 2.45) is 5.92 Å². The Labute approximate surface area is 117 Å². The normalized spacial score (nSPS) is 25.4. The Morgan fingerprint density at radius 2 is 2.16 bits per heavy atom. The zero-order valence-corrected chi connectivity index (χ0v) is 12.3. The fourth-order valence-electron chi connectivity index (χ4n) is 2.58. The van der Waals surface area contributed by atoms with Gasteiger partial charge in [0.1, 0.15) is 0 Å². The number of hydrogen-bond acceptors (Lipinski definition) is 4. The maximum atomic E-state index is 12.5. The van der Waals surface area contributed by atoms with E-state index in [0.717, 1.165) is 18.4 Å². The quantitative estimate of drug-likeness (QED) is 0.850. The number of nitrogens with zero attached hydrogens (tertiary/aromatic N) is 1. The van der Waals surface area contributed by atoms with Crippen LogP contribution in [0, 0.1) is 5.92 Å². The molecule has 2 fully saturated rings. The van der Waals surface area contributed by atoms with Crippen molar-refractivity contribution in [1.29, 1.82) is 0 Å². The Balaban J connectivity index is 1.72. The number of amides is 1. The highest BCUT2D eigenvalue weighted by Gasteiger charge is 2.40. The largest absolute Gasteiger partial charge is 0.335 e. The lowest BCUT2D eigenvalue weighted by atomic mass is 10.1. The van der Waals surface area contributed by atoms with Crippen molar-refractivity contribution in [2.75, 3.05) is 11.5 Å². The van der Waals surface area contributed by atoms with Crippen LogP contribution in [0.25, 0.3) is 0 Å². The summed E-state index contributed by atoms with van der Waals surface area (Å²) in [7, 11) is -2.99. The molecular formula is C13H17NO3S2. The van der Waals surface area contributed by atoms with Gasteiger partial charge in [-0.2, -0.15) is 11.3 Å². The predicted molar refractivity (Wildman–Crippen MR) is 74.7 cm³/mol. The number of carbonyl (C=O) groups is 1. The lowest BCUT2D eigenvalue weighted by Gasteiger charge is -2.24. The fourth-order valence-corrected chi connectivity index (χ4v) is 4.97. The third-order valence-electron chi connectivity index (χ3n) is 3.79. The number of sulfone groups is 1. The second-order valence-electron chi connectivity index (χ2n) is 5.43. The zero-order valence-electron chi connectivity index (χ0n) is 10.6. The molecule has 1 aliphatic heterocycles. The third kappa shape index (κ3) is 3.00. The maximum Gasteiger partial charge on any atom is 0.227 e. The average Bonchev–Trinajstić information content (AvgIpc) is 2.94. The zero-order chi connectivity index (χ0) is 13.5. The standard InChI is InChI=1S/C13H17NO3S2/c15-13(11-4-6-19(16,17)9-11)14(12-1-2-12)7-10-3-5-18-8-10/h3,5,8,11-12H,1-2,4,6-7,9H2/t11-/m0/s1. The molecule has 1 aromatic rings. The average molecular weight is 299 g/mol. The van der Waals surface area contributed by atoms with Gasteiger partial charge in [-0.3, -0.25) is 4.79 Å². The monoisotopic (exact) mass is 299 g/mol. The molecule has 1 aromatic heterocycles. The Morgan fingerprint density at radius 3 is 2.68 bits per heavy atom. The van der Waals surface area contributed by atoms with E-state index in [1.165, 1.54) is 0 Å². The number of thiophene rings is 1. The van der Waals surface area contributed by atoms with Crippen LogP contribution >= 0.6 is 11.3 Å². The van der Waals surface area contributed by atoms with E-state index in [0.29, 0.717) is 19.0 Å². The summed E-state index contributed by atoms with van der Waals surface area (Å²) in [6.07, 6.45) is 2.60. The molecule has 3 rings (SSSR count). The van der Waals surface area contributed by atoms with Gasteiger partial charge >= 0.3 is 0 Å². The van der Waals surface area contributed by atoms with Gasteiger partial charge in [-0.25, -0.2) is 8.42 Å². The maximum absolute atomic E-state index is 12.5. The van der Waals surface area contributed by atoms with Gasteiger partial charge in [0.15, 0.2) is 9.84 Å². The lowest BCUT2D eigenvalue weighted by molar-refractivity contribution is -0.136. The highest BCUT2D eigenvalue weighted by molar-refractivity contribution is 7.91. The molecule has 2 heterocycles. The van der Waals surface area contributed by atoms with E-state index in [1.54, 1.807) is 11.3 Å². The van der Waals surface area contributed by atoms with Crippen LogP contribution < -0.4 is 0 Å². The van der Waals surface area contributed by atoms with E-state index in [-0.39, 0.29) is 23.3 Å². The minimum atomic E-state index is -2.99. The molecule has 0 radical (unpaired) electrons. The summed E-state index contributed by atoms with van der Waals surface area (Å²) in [5, 5.41) is 4.05. The molecule has 1 saturated heterocycles. The van der Waals surface area contributed by atoms with E-state index in [1.807, 2.05) is 21.7 Å². The van der Waals surface area contributed by atoms with Crippen LogP contribution in [0.5, 0.6) is 0 Å². The van der Waals surface area contributed by atoms with Gasteiger partial charge in [0.2, 0.25) is 5.91 Å². The summed E-state index contributed by atoms with van der Waals surface area (Å²) in [4.78, 5) is 14.4. The lowest BCUT2D eigenvalue weighted by Crippen LogP contribution is -2.37. The van der Waals surface area contributed by atoms with Crippen molar-refractivity contribution in [3.63, 3.8) is 0 Å². The van der Waals surface area contributed by atoms with Crippen molar-refractivity contribution >= 4 is 27.1 Å². The first-order valence-corrected chi connectivity index (χ1v) is 9.33. The minimum absolute atomic E-state index is 0.0368. The SMILES string of the molecule is O=C([C@H]1CCS(=O)(=O)C1)N(Cc1ccsc1)C1CC1. The first kappa shape index (κ1) is 13.1. The van der Waals surface area contributed by atoms with Crippen LogP contribution in [-0.4, -0.2) is 36.8 Å². The molecule has 6 heteroatoms. The van der Waals surface area contributed by atoms with E-state index >= 15 is 0 Å². The van der Waals surface area contributed by atoms with Crippen LogP contribution in [0.15, 0.2) is 16.8 Å². The topological polar surface area (TPSA) is 54.5 Å². The van der Waals surface area contributed by atoms with Crippen molar-refractivity contribution in [1.82, 2.24) is 4.90 Å². The molecule has 0 aromatic carbocycles. The molecule has 19 heavy (non-hydrogen) atoms. The molecule has 104 valence electrons. The Hall–Kier alpha value is -0.880. The van der Waals surface area contributed by atoms with E-state index in [2.05, 4.69) is 0 Å². The van der Waals surface area contributed by atoms with Crippen LogP contribution in [0.1, 0.15) is 24.8 Å². The van der Waals surface area contributed by atoms with E-state index in [9.17, 15) is 13.2 Å². The van der Waals surface area contributed by atoms with E-state index < -0.39 is 9.84 Å². The summed E-state index contributed by atoms with van der Waals surface area (Å²) in [5.74, 6) is -0.0713. The minimum Gasteiger partial charge on any atom is -0.335 e. The summed E-state index contributed by atoms with van der Waals surface area (Å²) in [6, 6.07) is 2.36. The van der Waals surface area contributed by atoms with Crippen molar-refractivity contribution in [2.45, 2.75) is 31.8 Å². The highest BCUT2D eigenvalue weighted by atomic mass is 32.2. The first-order chi connectivity index (χ1) is 9.05. The molecule has 1 aliphatic carbocycles. The van der Waals surface area contributed by atoms with Gasteiger partial charge in [-0.05, 0) is 41.7 Å². The molecule has 1 saturated carbocycles. The van der Waals surface area contributed by atoms with Gasteiger partial charge in [-0.1, -0.05) is 0 Å². The van der Waals surface area contributed by atoms with Crippen molar-refractivity contribution in [3.05, 3.63) is 22.4 Å². The molecule has 0 N–H and O–H groups in total. The summed E-state index contributed by atoms with van der Waals surface area (Å²) in [6.45, 7) is 0.629. The Bertz CT molecular complexity index is 561. The van der Waals surface area contributed by atoms with Gasteiger partial charge in [0.05, 0.1) is 17.4 Å². The molecule has 1 amide bonds. The van der Waals surface area contributed by atoms with Crippen LogP contribution in [0.3, 0.4) is 0 Å². The molecule has 4 nitrogen and oxygen atoms in total. The molecule has 0 bridgehead atoms. The molecule has 0 unspecified atom stereocenters. The van der Waals surface area contributed by atoms with Gasteiger partial charge in [-0.15, -0.1) is 0 Å². The van der Waals surface area contributed by atoms with Crippen LogP contribution in [0.2, 0.25) is 0 Å². The summed E-state index contributed by atoms with van der Waals surface area (Å²) in [5.41, 5.74) is 1.14. The predicted octanol–water partition coefficient (Wildman–Crippen LogP) is 1.67. The number of rotatable bonds is 4. The van der Waals surface area contributed by atoms with Crippen LogP contribution in [-0.2, 0) is 21.2 Å². The second kappa shape index (κ2) is 4.90. The van der Waals surface area contributed by atoms with Gasteiger partial charge in [0, 0.05) is 12.6 Å². The Kier molecular flexibility index (Phi) is 3.39. The molecule has 2 aliphatic rings. The number of hydrogen-bond donors (Lipinski definition) is 0. The highest BCUT2D eigenvalue weighted by Crippen LogP contribution is 2.32. The van der Waals surface area contributed by atoms with Crippen molar-refractivity contribution in [3.8, 4) is 0 Å². The van der Waals surface area contributed by atoms with Crippen molar-refractivity contribution < 1.29 is 13.2 Å². The Morgan fingerprint density at radius 1 is 1.37 bits per heavy atom. The smallest absolute Gasteiger partial charge is 0.227 e. The molecule has 1 atom stereocenters. The van der Waals surface area contributed by atoms with Gasteiger partial charge in [0.25, 0.3) is 0 Å². The third-order valence-corrected chi connectivity index (χ3v) is 6.29. The molecule has 0 spiro atoms. The number of carbonyl (C=O) groups excluding carboxylic acids is 1. The molecular weight excluding hydrogens is 282 g/mol. The summed E-state index contributed by atoms with van der Waals surface area (Å²) >= 11 is 1.62. The first-order valence-electron chi connectivity index (χ1n) is 6.57. The van der Waals surface area contributed by atoms with Crippen LogP contribution in [0.4, 0.5) is 0 Å². The van der Waals surface area contributed by atoms with E-state index in [4.69, 9.17) is 0 Å².